The molecule has 2 saturated heterocycles. The normalized spacial score (nSPS) is 28.8. The van der Waals surface area contributed by atoms with E-state index in [2.05, 4.69) is 11.1 Å². The lowest BCUT2D eigenvalue weighted by atomic mass is 9.85. The molecule has 1 aromatic rings. The van der Waals surface area contributed by atoms with E-state index in [1.807, 2.05) is 37.9 Å². The average molecular weight is 274 g/mol. The average Bonchev–Trinajstić information content (AvgIpc) is 2.95. The Morgan fingerprint density at radius 2 is 2.20 bits per heavy atom. The number of rotatable bonds is 1. The molecule has 3 heterocycles. The first-order valence-corrected chi connectivity index (χ1v) is 7.37. The lowest BCUT2D eigenvalue weighted by molar-refractivity contribution is 0.0213. The second-order valence-corrected chi connectivity index (χ2v) is 6.81. The van der Waals surface area contributed by atoms with Crippen LogP contribution in [0.5, 0.6) is 0 Å². The number of amides is 1. The van der Waals surface area contributed by atoms with Crippen molar-refractivity contribution in [2.75, 3.05) is 0 Å². The molecular weight excluding hydrogens is 252 g/mol. The van der Waals surface area contributed by atoms with Gasteiger partial charge in [-0.15, -0.1) is 0 Å². The Bertz CT molecular complexity index is 495. The van der Waals surface area contributed by atoms with E-state index >= 15 is 0 Å². The topological polar surface area (TPSA) is 42.4 Å². The van der Waals surface area contributed by atoms with Crippen LogP contribution in [0, 0.1) is 0 Å². The summed E-state index contributed by atoms with van der Waals surface area (Å²) in [6.07, 6.45) is 6.78. The van der Waals surface area contributed by atoms with Crippen LogP contribution in [0.15, 0.2) is 24.5 Å². The molecule has 0 radical (unpaired) electrons. The number of carbonyl (C=O) groups is 1. The van der Waals surface area contributed by atoms with Crippen LogP contribution in [0.3, 0.4) is 0 Å². The lowest BCUT2D eigenvalue weighted by Gasteiger charge is -2.28. The maximum absolute atomic E-state index is 12.4. The molecule has 3 atom stereocenters. The van der Waals surface area contributed by atoms with Gasteiger partial charge in [0.05, 0.1) is 0 Å². The monoisotopic (exact) mass is 274 g/mol. The third kappa shape index (κ3) is 2.39. The summed E-state index contributed by atoms with van der Waals surface area (Å²) in [6.45, 7) is 5.75. The Balaban J connectivity index is 1.78. The van der Waals surface area contributed by atoms with E-state index in [0.29, 0.717) is 12.0 Å². The summed E-state index contributed by atoms with van der Waals surface area (Å²) in [5.41, 5.74) is 0.816. The van der Waals surface area contributed by atoms with Gasteiger partial charge in [-0.1, -0.05) is 6.07 Å². The van der Waals surface area contributed by atoms with Gasteiger partial charge in [0.2, 0.25) is 0 Å². The highest BCUT2D eigenvalue weighted by molar-refractivity contribution is 5.70. The molecule has 0 aliphatic carbocycles. The minimum atomic E-state index is -0.428. The van der Waals surface area contributed by atoms with E-state index in [1.165, 1.54) is 5.56 Å². The summed E-state index contributed by atoms with van der Waals surface area (Å²) in [5, 5.41) is 0. The predicted octanol–water partition coefficient (Wildman–Crippen LogP) is 3.34. The molecule has 3 rings (SSSR count). The molecule has 0 unspecified atom stereocenters. The van der Waals surface area contributed by atoms with Crippen LogP contribution in [0.1, 0.15) is 51.5 Å². The quantitative estimate of drug-likeness (QED) is 0.788. The van der Waals surface area contributed by atoms with Crippen LogP contribution in [0.4, 0.5) is 4.79 Å². The van der Waals surface area contributed by atoms with Gasteiger partial charge >= 0.3 is 6.09 Å². The van der Waals surface area contributed by atoms with Gasteiger partial charge in [0.15, 0.2) is 0 Å². The van der Waals surface area contributed by atoms with Crippen LogP contribution in [0.2, 0.25) is 0 Å². The molecule has 2 fully saturated rings. The van der Waals surface area contributed by atoms with Crippen molar-refractivity contribution < 1.29 is 9.53 Å². The number of fused-ring (bicyclic) bond motifs is 2. The van der Waals surface area contributed by atoms with Crippen LogP contribution in [-0.4, -0.2) is 33.7 Å². The highest BCUT2D eigenvalue weighted by Gasteiger charge is 2.50. The SMILES string of the molecule is CC(C)(C)OC(=O)N1[C@H]2CC[C@@H]1[C@@H](c1cccnc1)C2. The van der Waals surface area contributed by atoms with Crippen molar-refractivity contribution in [1.82, 2.24) is 9.88 Å². The number of ether oxygens (including phenoxy) is 1. The number of nitrogens with zero attached hydrogens (tertiary/aromatic N) is 2. The van der Waals surface area contributed by atoms with Gasteiger partial charge in [-0.05, 0) is 51.7 Å². The van der Waals surface area contributed by atoms with Crippen molar-refractivity contribution in [3.05, 3.63) is 30.1 Å². The minimum Gasteiger partial charge on any atom is -0.444 e. The number of hydrogen-bond donors (Lipinski definition) is 0. The van der Waals surface area contributed by atoms with Crippen LogP contribution >= 0.6 is 0 Å². The van der Waals surface area contributed by atoms with E-state index in [1.54, 1.807) is 6.20 Å². The first-order chi connectivity index (χ1) is 9.46. The van der Waals surface area contributed by atoms with Crippen molar-refractivity contribution in [2.24, 2.45) is 0 Å². The van der Waals surface area contributed by atoms with E-state index in [4.69, 9.17) is 4.74 Å². The van der Waals surface area contributed by atoms with Crippen LogP contribution < -0.4 is 0 Å². The molecule has 0 aromatic carbocycles. The van der Waals surface area contributed by atoms with Crippen molar-refractivity contribution in [3.63, 3.8) is 0 Å². The van der Waals surface area contributed by atoms with E-state index < -0.39 is 5.60 Å². The zero-order valence-electron chi connectivity index (χ0n) is 12.4. The fourth-order valence-electron chi connectivity index (χ4n) is 3.54. The Morgan fingerprint density at radius 3 is 2.85 bits per heavy atom. The number of hydrogen-bond acceptors (Lipinski definition) is 3. The second kappa shape index (κ2) is 4.76. The molecule has 20 heavy (non-hydrogen) atoms. The Kier molecular flexibility index (Phi) is 3.19. The van der Waals surface area contributed by atoms with E-state index in [-0.39, 0.29) is 12.1 Å². The molecule has 2 aliphatic heterocycles. The molecule has 108 valence electrons. The van der Waals surface area contributed by atoms with Crippen molar-refractivity contribution >= 4 is 6.09 Å². The van der Waals surface area contributed by atoms with Gasteiger partial charge in [-0.3, -0.25) is 4.98 Å². The molecule has 1 amide bonds. The maximum Gasteiger partial charge on any atom is 0.410 e. The largest absolute Gasteiger partial charge is 0.444 e. The van der Waals surface area contributed by atoms with Gasteiger partial charge in [0.25, 0.3) is 0 Å². The summed E-state index contributed by atoms with van der Waals surface area (Å²) in [7, 11) is 0. The molecule has 4 nitrogen and oxygen atoms in total. The zero-order valence-corrected chi connectivity index (χ0v) is 12.4. The number of aromatic nitrogens is 1. The first kappa shape index (κ1) is 13.4. The van der Waals surface area contributed by atoms with Crippen LogP contribution in [-0.2, 0) is 4.74 Å². The highest BCUT2D eigenvalue weighted by Crippen LogP contribution is 2.47. The van der Waals surface area contributed by atoms with Crippen molar-refractivity contribution in [1.29, 1.82) is 0 Å². The fourth-order valence-corrected chi connectivity index (χ4v) is 3.54. The number of carbonyl (C=O) groups excluding carboxylic acids is 1. The Hall–Kier alpha value is -1.58. The molecular formula is C16H22N2O2. The molecule has 1 aromatic heterocycles. The predicted molar refractivity (Wildman–Crippen MR) is 76.5 cm³/mol. The molecule has 0 saturated carbocycles. The van der Waals surface area contributed by atoms with Gasteiger partial charge in [-0.25, -0.2) is 4.79 Å². The standard InChI is InChI=1S/C16H22N2O2/c1-16(2,3)20-15(19)18-12-6-7-14(18)13(9-12)11-5-4-8-17-10-11/h4-5,8,10,12-14H,6-7,9H2,1-3H3/t12-,13+,14+/m0/s1. The third-order valence-electron chi connectivity index (χ3n) is 4.25. The van der Waals surface area contributed by atoms with E-state index in [9.17, 15) is 4.79 Å². The summed E-state index contributed by atoms with van der Waals surface area (Å²) in [5.74, 6) is 0.412. The van der Waals surface area contributed by atoms with Crippen molar-refractivity contribution in [2.45, 2.75) is 63.6 Å². The van der Waals surface area contributed by atoms with Gasteiger partial charge in [0, 0.05) is 30.4 Å². The molecule has 4 heteroatoms. The maximum atomic E-state index is 12.4. The Labute approximate surface area is 120 Å². The second-order valence-electron chi connectivity index (χ2n) is 6.81. The summed E-state index contributed by atoms with van der Waals surface area (Å²) in [6, 6.07) is 4.70. The van der Waals surface area contributed by atoms with E-state index in [0.717, 1.165) is 19.3 Å². The summed E-state index contributed by atoms with van der Waals surface area (Å²) >= 11 is 0. The van der Waals surface area contributed by atoms with Gasteiger partial charge in [0.1, 0.15) is 5.60 Å². The molecule has 2 bridgehead atoms. The van der Waals surface area contributed by atoms with Gasteiger partial charge < -0.3 is 9.64 Å². The number of pyridine rings is 1. The van der Waals surface area contributed by atoms with Crippen LogP contribution in [0.25, 0.3) is 0 Å². The molecule has 0 spiro atoms. The van der Waals surface area contributed by atoms with Gasteiger partial charge in [-0.2, -0.15) is 0 Å². The van der Waals surface area contributed by atoms with Crippen molar-refractivity contribution in [3.8, 4) is 0 Å². The lowest BCUT2D eigenvalue weighted by Crippen LogP contribution is -2.40. The minimum absolute atomic E-state index is 0.156. The smallest absolute Gasteiger partial charge is 0.410 e. The highest BCUT2D eigenvalue weighted by atomic mass is 16.6. The summed E-state index contributed by atoms with van der Waals surface area (Å²) in [4.78, 5) is 18.6. The first-order valence-electron chi connectivity index (χ1n) is 7.37. The zero-order chi connectivity index (χ0) is 14.3. The summed E-state index contributed by atoms with van der Waals surface area (Å²) < 4.78 is 5.56. The fraction of sp³-hybridized carbons (Fsp3) is 0.625. The molecule has 0 N–H and O–H groups in total. The molecule has 2 aliphatic rings. The third-order valence-corrected chi connectivity index (χ3v) is 4.25. The Morgan fingerprint density at radius 1 is 1.40 bits per heavy atom.